The minimum Gasteiger partial charge on any atom is -0.497 e. The number of ether oxygens (including phenoxy) is 2. The quantitative estimate of drug-likeness (QED) is 0.590. The third kappa shape index (κ3) is 4.56. The molecule has 0 atom stereocenters. The second kappa shape index (κ2) is 7.78. The Morgan fingerprint density at radius 2 is 2.19 bits per heavy atom. The SMILES string of the molecule is COc1ccc(Br)c(C(=O)OCCCc2cccnc2)c1. The fourth-order valence-electron chi connectivity index (χ4n) is 1.85. The summed E-state index contributed by atoms with van der Waals surface area (Å²) in [6, 6.07) is 9.12. The van der Waals surface area contributed by atoms with Gasteiger partial charge in [-0.1, -0.05) is 6.07 Å². The van der Waals surface area contributed by atoms with Crippen LogP contribution in [0.4, 0.5) is 0 Å². The number of aryl methyl sites for hydroxylation is 1. The number of carbonyl (C=O) groups excluding carboxylic acids is 1. The van der Waals surface area contributed by atoms with E-state index in [4.69, 9.17) is 9.47 Å². The normalized spacial score (nSPS) is 10.2. The van der Waals surface area contributed by atoms with E-state index in [2.05, 4.69) is 20.9 Å². The highest BCUT2D eigenvalue weighted by atomic mass is 79.9. The van der Waals surface area contributed by atoms with Crippen LogP contribution >= 0.6 is 15.9 Å². The highest BCUT2D eigenvalue weighted by molar-refractivity contribution is 9.10. The number of esters is 1. The molecule has 0 spiro atoms. The lowest BCUT2D eigenvalue weighted by molar-refractivity contribution is 0.0499. The molecule has 0 aliphatic carbocycles. The lowest BCUT2D eigenvalue weighted by atomic mass is 10.2. The van der Waals surface area contributed by atoms with Gasteiger partial charge in [-0.3, -0.25) is 4.98 Å². The molecule has 0 saturated carbocycles. The molecule has 0 aliphatic heterocycles. The molecule has 2 rings (SSSR count). The van der Waals surface area contributed by atoms with Crippen molar-refractivity contribution in [3.05, 3.63) is 58.3 Å². The third-order valence-corrected chi connectivity index (χ3v) is 3.65. The maximum Gasteiger partial charge on any atom is 0.339 e. The van der Waals surface area contributed by atoms with Gasteiger partial charge < -0.3 is 9.47 Å². The standard InChI is InChI=1S/C16H16BrNO3/c1-20-13-6-7-15(17)14(10-13)16(19)21-9-3-5-12-4-2-8-18-11-12/h2,4,6-8,10-11H,3,5,9H2,1H3. The molecule has 0 bridgehead atoms. The van der Waals surface area contributed by atoms with Crippen LogP contribution < -0.4 is 4.74 Å². The summed E-state index contributed by atoms with van der Waals surface area (Å²) in [5, 5.41) is 0. The van der Waals surface area contributed by atoms with Gasteiger partial charge in [0.15, 0.2) is 0 Å². The largest absolute Gasteiger partial charge is 0.497 e. The van der Waals surface area contributed by atoms with E-state index in [9.17, 15) is 4.79 Å². The third-order valence-electron chi connectivity index (χ3n) is 2.96. The molecular weight excluding hydrogens is 334 g/mol. The first-order chi connectivity index (χ1) is 10.2. The van der Waals surface area contributed by atoms with Gasteiger partial charge in [0.1, 0.15) is 5.75 Å². The average molecular weight is 350 g/mol. The molecule has 0 unspecified atom stereocenters. The van der Waals surface area contributed by atoms with Crippen molar-refractivity contribution in [3.63, 3.8) is 0 Å². The topological polar surface area (TPSA) is 48.4 Å². The molecule has 0 saturated heterocycles. The Bertz CT molecular complexity index is 602. The number of pyridine rings is 1. The van der Waals surface area contributed by atoms with E-state index < -0.39 is 0 Å². The molecule has 1 aromatic heterocycles. The first-order valence-electron chi connectivity index (χ1n) is 6.60. The molecule has 1 aromatic carbocycles. The molecule has 0 fully saturated rings. The molecule has 2 aromatic rings. The van der Waals surface area contributed by atoms with Crippen LogP contribution in [0.5, 0.6) is 5.75 Å². The second-order valence-electron chi connectivity index (χ2n) is 4.45. The summed E-state index contributed by atoms with van der Waals surface area (Å²) in [7, 11) is 1.56. The van der Waals surface area contributed by atoms with Crippen LogP contribution in [-0.2, 0) is 11.2 Å². The fourth-order valence-corrected chi connectivity index (χ4v) is 2.26. The van der Waals surface area contributed by atoms with Crippen molar-refractivity contribution in [2.75, 3.05) is 13.7 Å². The van der Waals surface area contributed by atoms with Crippen molar-refractivity contribution in [1.82, 2.24) is 4.98 Å². The summed E-state index contributed by atoms with van der Waals surface area (Å²) in [6.07, 6.45) is 5.16. The predicted molar refractivity (Wildman–Crippen MR) is 83.5 cm³/mol. The summed E-state index contributed by atoms with van der Waals surface area (Å²) in [5.41, 5.74) is 1.60. The maximum absolute atomic E-state index is 12.0. The first-order valence-corrected chi connectivity index (χ1v) is 7.39. The van der Waals surface area contributed by atoms with Crippen molar-refractivity contribution in [3.8, 4) is 5.75 Å². The Balaban J connectivity index is 1.84. The average Bonchev–Trinajstić information content (AvgIpc) is 2.53. The first kappa shape index (κ1) is 15.5. The van der Waals surface area contributed by atoms with Crippen molar-refractivity contribution >= 4 is 21.9 Å². The molecular formula is C16H16BrNO3. The lowest BCUT2D eigenvalue weighted by Gasteiger charge is -2.08. The lowest BCUT2D eigenvalue weighted by Crippen LogP contribution is -2.08. The minimum absolute atomic E-state index is 0.355. The summed E-state index contributed by atoms with van der Waals surface area (Å²) in [5.74, 6) is 0.271. The predicted octanol–water partition coefficient (Wildman–Crippen LogP) is 3.64. The van der Waals surface area contributed by atoms with Crippen LogP contribution in [-0.4, -0.2) is 24.7 Å². The van der Waals surface area contributed by atoms with E-state index in [0.29, 0.717) is 22.4 Å². The van der Waals surface area contributed by atoms with Gasteiger partial charge in [0.05, 0.1) is 19.3 Å². The fraction of sp³-hybridized carbons (Fsp3) is 0.250. The second-order valence-corrected chi connectivity index (χ2v) is 5.30. The van der Waals surface area contributed by atoms with E-state index in [-0.39, 0.29) is 5.97 Å². The van der Waals surface area contributed by atoms with Crippen LogP contribution in [0.3, 0.4) is 0 Å². The number of hydrogen-bond acceptors (Lipinski definition) is 4. The van der Waals surface area contributed by atoms with Gasteiger partial charge in [-0.25, -0.2) is 4.79 Å². The Labute approximate surface area is 132 Å². The van der Waals surface area contributed by atoms with Crippen LogP contribution in [0.2, 0.25) is 0 Å². The van der Waals surface area contributed by atoms with E-state index in [1.54, 1.807) is 31.5 Å². The van der Waals surface area contributed by atoms with E-state index in [1.807, 2.05) is 18.3 Å². The number of rotatable bonds is 6. The van der Waals surface area contributed by atoms with E-state index >= 15 is 0 Å². The Morgan fingerprint density at radius 1 is 1.33 bits per heavy atom. The number of carbonyl (C=O) groups is 1. The molecule has 0 aliphatic rings. The molecule has 1 heterocycles. The van der Waals surface area contributed by atoms with Gasteiger partial charge in [-0.15, -0.1) is 0 Å². The monoisotopic (exact) mass is 349 g/mol. The molecule has 5 heteroatoms. The zero-order valence-electron chi connectivity index (χ0n) is 11.7. The summed E-state index contributed by atoms with van der Waals surface area (Å²) in [6.45, 7) is 0.372. The van der Waals surface area contributed by atoms with Crippen molar-refractivity contribution in [1.29, 1.82) is 0 Å². The van der Waals surface area contributed by atoms with Gasteiger partial charge in [-0.05, 0) is 58.6 Å². The number of halogens is 1. The number of hydrogen-bond donors (Lipinski definition) is 0. The van der Waals surface area contributed by atoms with Gasteiger partial charge >= 0.3 is 5.97 Å². The Morgan fingerprint density at radius 3 is 2.90 bits per heavy atom. The summed E-state index contributed by atoms with van der Waals surface area (Å²) < 4.78 is 11.1. The van der Waals surface area contributed by atoms with Crippen LogP contribution in [0.1, 0.15) is 22.3 Å². The smallest absolute Gasteiger partial charge is 0.339 e. The zero-order chi connectivity index (χ0) is 15.1. The van der Waals surface area contributed by atoms with Gasteiger partial charge in [-0.2, -0.15) is 0 Å². The van der Waals surface area contributed by atoms with Crippen LogP contribution in [0.25, 0.3) is 0 Å². The van der Waals surface area contributed by atoms with E-state index in [1.165, 1.54) is 0 Å². The molecule has 0 amide bonds. The van der Waals surface area contributed by atoms with Crippen molar-refractivity contribution in [2.24, 2.45) is 0 Å². The maximum atomic E-state index is 12.0. The number of methoxy groups -OCH3 is 1. The highest BCUT2D eigenvalue weighted by Crippen LogP contribution is 2.23. The molecule has 4 nitrogen and oxygen atoms in total. The number of nitrogens with zero attached hydrogens (tertiary/aromatic N) is 1. The Kier molecular flexibility index (Phi) is 5.75. The Hall–Kier alpha value is -1.88. The van der Waals surface area contributed by atoms with Crippen molar-refractivity contribution < 1.29 is 14.3 Å². The number of aromatic nitrogens is 1. The van der Waals surface area contributed by atoms with Crippen LogP contribution in [0.15, 0.2) is 47.2 Å². The van der Waals surface area contributed by atoms with Gasteiger partial charge in [0, 0.05) is 16.9 Å². The molecule has 0 radical (unpaired) electrons. The van der Waals surface area contributed by atoms with Gasteiger partial charge in [0.2, 0.25) is 0 Å². The summed E-state index contributed by atoms with van der Waals surface area (Å²) >= 11 is 3.34. The number of benzene rings is 1. The molecule has 0 N–H and O–H groups in total. The molecule has 21 heavy (non-hydrogen) atoms. The van der Waals surface area contributed by atoms with Crippen molar-refractivity contribution in [2.45, 2.75) is 12.8 Å². The van der Waals surface area contributed by atoms with E-state index in [0.717, 1.165) is 18.4 Å². The van der Waals surface area contributed by atoms with Crippen LogP contribution in [0, 0.1) is 0 Å². The highest BCUT2D eigenvalue weighted by Gasteiger charge is 2.12. The zero-order valence-corrected chi connectivity index (χ0v) is 13.3. The minimum atomic E-state index is -0.355. The van der Waals surface area contributed by atoms with Gasteiger partial charge in [0.25, 0.3) is 0 Å². The summed E-state index contributed by atoms with van der Waals surface area (Å²) in [4.78, 5) is 16.1. The molecule has 110 valence electrons.